The molecular formula is C34H28F7N3O6S2. The Bertz CT molecular complexity index is 1880. The summed E-state index contributed by atoms with van der Waals surface area (Å²) in [5.74, 6) is -3.60. The number of aromatic carboxylic acids is 1. The highest BCUT2D eigenvalue weighted by Gasteiger charge is 2.37. The van der Waals surface area contributed by atoms with E-state index in [2.05, 4.69) is 10.2 Å². The summed E-state index contributed by atoms with van der Waals surface area (Å²) in [7, 11) is 0. The summed E-state index contributed by atoms with van der Waals surface area (Å²) in [6.45, 7) is 2.88. The molecule has 2 N–H and O–H groups in total. The van der Waals surface area contributed by atoms with Gasteiger partial charge in [-0.1, -0.05) is 30.0 Å². The van der Waals surface area contributed by atoms with Gasteiger partial charge in [-0.2, -0.15) is 26.3 Å². The van der Waals surface area contributed by atoms with Crippen molar-refractivity contribution in [2.45, 2.75) is 18.8 Å². The minimum Gasteiger partial charge on any atom is -0.492 e. The van der Waals surface area contributed by atoms with Gasteiger partial charge in [0.25, 0.3) is 5.91 Å². The molecule has 0 saturated carbocycles. The Balaban J connectivity index is 1.39. The fraction of sp³-hybridized carbons (Fsp3) is 0.294. The Kier molecular flexibility index (Phi) is 11.9. The van der Waals surface area contributed by atoms with Crippen molar-refractivity contribution >= 4 is 57.8 Å². The van der Waals surface area contributed by atoms with Crippen molar-refractivity contribution in [3.05, 3.63) is 87.6 Å². The molecule has 52 heavy (non-hydrogen) atoms. The molecule has 2 aliphatic heterocycles. The van der Waals surface area contributed by atoms with Gasteiger partial charge in [0.2, 0.25) is 5.91 Å². The standard InChI is InChI=1S/C34H28F7N3O6S2/c35-26-18-24(2-3-25(26)31(47)48)42-29(45)5-6-44-30(46)28(52-32(44)51)16-21-13-19(1-4-27(21)50-12-9-43-7-10-49-11-8-43)20-14-22(33(36,37)38)17-23(15-20)34(39,40)41/h1-4,13-18H,5-12H2,(H,42,45)(H,47,48). The molecule has 9 nitrogen and oxygen atoms in total. The van der Waals surface area contributed by atoms with Gasteiger partial charge in [-0.15, -0.1) is 0 Å². The normalized spacial score (nSPS) is 16.4. The number of hydrogen-bond acceptors (Lipinski definition) is 8. The molecule has 5 rings (SSSR count). The van der Waals surface area contributed by atoms with Crippen molar-refractivity contribution in [2.24, 2.45) is 0 Å². The van der Waals surface area contributed by atoms with Crippen LogP contribution in [0.1, 0.15) is 33.5 Å². The van der Waals surface area contributed by atoms with Crippen LogP contribution in [0.5, 0.6) is 5.75 Å². The predicted octanol–water partition coefficient (Wildman–Crippen LogP) is 7.17. The molecule has 2 amide bonds. The third-order valence-corrected chi connectivity index (χ3v) is 9.28. The van der Waals surface area contributed by atoms with Crippen LogP contribution in [-0.4, -0.2) is 83.0 Å². The molecule has 18 heteroatoms. The van der Waals surface area contributed by atoms with E-state index in [1.165, 1.54) is 30.3 Å². The quantitative estimate of drug-likeness (QED) is 0.119. The lowest BCUT2D eigenvalue weighted by Crippen LogP contribution is -2.38. The molecule has 0 aliphatic carbocycles. The molecule has 0 bridgehead atoms. The fourth-order valence-corrected chi connectivity index (χ4v) is 6.54. The fourth-order valence-electron chi connectivity index (χ4n) is 5.24. The number of thioether (sulfide) groups is 1. The topological polar surface area (TPSA) is 108 Å². The zero-order valence-corrected chi connectivity index (χ0v) is 28.4. The number of nitrogens with one attached hydrogen (secondary N) is 1. The largest absolute Gasteiger partial charge is 0.492 e. The van der Waals surface area contributed by atoms with Gasteiger partial charge >= 0.3 is 18.3 Å². The number of ether oxygens (including phenoxy) is 2. The van der Waals surface area contributed by atoms with Gasteiger partial charge < -0.3 is 19.9 Å². The number of nitrogens with zero attached hydrogens (tertiary/aromatic N) is 2. The zero-order valence-electron chi connectivity index (χ0n) is 26.8. The second kappa shape index (κ2) is 16.0. The van der Waals surface area contributed by atoms with Crippen LogP contribution in [0.4, 0.5) is 36.4 Å². The SMILES string of the molecule is O=C(CCN1C(=O)C(=Cc2cc(-c3cc(C(F)(F)F)cc(C(F)(F)F)c3)ccc2OCCN2CCOCC2)SC1=S)Nc1ccc(C(=O)O)c(F)c1. The molecule has 0 atom stereocenters. The van der Waals surface area contributed by atoms with Crippen molar-refractivity contribution in [1.29, 1.82) is 0 Å². The predicted molar refractivity (Wildman–Crippen MR) is 181 cm³/mol. The van der Waals surface area contributed by atoms with Crippen LogP contribution in [0.25, 0.3) is 17.2 Å². The number of carbonyl (C=O) groups excluding carboxylic acids is 2. The Hall–Kier alpha value is -4.52. The second-order valence-corrected chi connectivity index (χ2v) is 13.2. The third kappa shape index (κ3) is 9.67. The van der Waals surface area contributed by atoms with E-state index in [-0.39, 0.29) is 63.0 Å². The van der Waals surface area contributed by atoms with Gasteiger partial charge in [-0.05, 0) is 65.7 Å². The monoisotopic (exact) mass is 771 g/mol. The van der Waals surface area contributed by atoms with Crippen molar-refractivity contribution in [3.63, 3.8) is 0 Å². The molecule has 0 radical (unpaired) electrons. The molecular weight excluding hydrogens is 744 g/mol. The van der Waals surface area contributed by atoms with E-state index in [0.717, 1.165) is 28.8 Å². The Labute approximate surface area is 301 Å². The lowest BCUT2D eigenvalue weighted by atomic mass is 9.97. The number of benzene rings is 3. The number of carbonyl (C=O) groups is 3. The number of halogens is 7. The minimum absolute atomic E-state index is 0.0108. The Morgan fingerprint density at radius 2 is 1.62 bits per heavy atom. The van der Waals surface area contributed by atoms with Gasteiger partial charge in [-0.3, -0.25) is 19.4 Å². The van der Waals surface area contributed by atoms with E-state index in [0.29, 0.717) is 45.0 Å². The number of amides is 2. The summed E-state index contributed by atoms with van der Waals surface area (Å²) in [6.07, 6.45) is -9.05. The van der Waals surface area contributed by atoms with Crippen molar-refractivity contribution < 1.29 is 59.7 Å². The summed E-state index contributed by atoms with van der Waals surface area (Å²) >= 11 is 6.22. The van der Waals surface area contributed by atoms with Crippen LogP contribution >= 0.6 is 24.0 Å². The van der Waals surface area contributed by atoms with Crippen LogP contribution in [0.3, 0.4) is 0 Å². The molecule has 0 unspecified atom stereocenters. The number of morpholine rings is 1. The van der Waals surface area contributed by atoms with Crippen LogP contribution in [0, 0.1) is 5.82 Å². The molecule has 3 aromatic rings. The lowest BCUT2D eigenvalue weighted by Gasteiger charge is -2.26. The molecule has 0 aromatic heterocycles. The first-order chi connectivity index (χ1) is 24.5. The van der Waals surface area contributed by atoms with Crippen LogP contribution in [0.2, 0.25) is 0 Å². The number of hydrogen-bond donors (Lipinski definition) is 2. The van der Waals surface area contributed by atoms with Gasteiger partial charge in [0, 0.05) is 43.9 Å². The molecule has 276 valence electrons. The Morgan fingerprint density at radius 1 is 0.942 bits per heavy atom. The highest BCUT2D eigenvalue weighted by molar-refractivity contribution is 8.26. The van der Waals surface area contributed by atoms with Crippen LogP contribution < -0.4 is 10.1 Å². The number of thiocarbonyl (C=S) groups is 1. The van der Waals surface area contributed by atoms with Gasteiger partial charge in [0.05, 0.1) is 34.8 Å². The van der Waals surface area contributed by atoms with Crippen molar-refractivity contribution in [1.82, 2.24) is 9.80 Å². The summed E-state index contributed by atoms with van der Waals surface area (Å²) in [4.78, 5) is 40.3. The molecule has 2 fully saturated rings. The molecule has 0 spiro atoms. The maximum Gasteiger partial charge on any atom is 0.416 e. The minimum atomic E-state index is -5.06. The van der Waals surface area contributed by atoms with Crippen LogP contribution in [0.15, 0.2) is 59.5 Å². The Morgan fingerprint density at radius 3 is 2.23 bits per heavy atom. The summed E-state index contributed by atoms with van der Waals surface area (Å²) in [5.41, 5.74) is -3.78. The maximum absolute atomic E-state index is 14.0. The average Bonchev–Trinajstić information content (AvgIpc) is 3.34. The number of carboxylic acid groups (broad SMARTS) is 1. The van der Waals surface area contributed by atoms with Gasteiger partial charge in [0.1, 0.15) is 22.5 Å². The number of anilines is 1. The lowest BCUT2D eigenvalue weighted by molar-refractivity contribution is -0.143. The number of carboxylic acids is 1. The van der Waals surface area contributed by atoms with E-state index in [4.69, 9.17) is 26.8 Å². The highest BCUT2D eigenvalue weighted by atomic mass is 32.2. The molecule has 3 aromatic carbocycles. The highest BCUT2D eigenvalue weighted by Crippen LogP contribution is 2.40. The zero-order chi connectivity index (χ0) is 37.8. The molecule has 2 aliphatic rings. The van der Waals surface area contributed by atoms with Gasteiger partial charge in [0.15, 0.2) is 0 Å². The second-order valence-electron chi connectivity index (χ2n) is 11.5. The maximum atomic E-state index is 14.0. The first-order valence-corrected chi connectivity index (χ1v) is 16.7. The average molecular weight is 772 g/mol. The molecule has 2 saturated heterocycles. The van der Waals surface area contributed by atoms with E-state index in [9.17, 15) is 45.1 Å². The molecule has 2 heterocycles. The van der Waals surface area contributed by atoms with Crippen molar-refractivity contribution in [2.75, 3.05) is 51.3 Å². The van der Waals surface area contributed by atoms with E-state index in [1.807, 2.05) is 0 Å². The number of alkyl halides is 6. The summed E-state index contributed by atoms with van der Waals surface area (Å²) in [6, 6.07) is 8.29. The smallest absolute Gasteiger partial charge is 0.416 e. The van der Waals surface area contributed by atoms with E-state index < -0.39 is 52.6 Å². The summed E-state index contributed by atoms with van der Waals surface area (Å²) in [5, 5.41) is 11.4. The number of rotatable bonds is 11. The van der Waals surface area contributed by atoms with E-state index >= 15 is 0 Å². The third-order valence-electron chi connectivity index (χ3n) is 7.91. The van der Waals surface area contributed by atoms with Crippen molar-refractivity contribution in [3.8, 4) is 16.9 Å². The van der Waals surface area contributed by atoms with Gasteiger partial charge in [-0.25, -0.2) is 9.18 Å². The summed E-state index contributed by atoms with van der Waals surface area (Å²) < 4.78 is 107. The first-order valence-electron chi connectivity index (χ1n) is 15.4. The van der Waals surface area contributed by atoms with Crippen LogP contribution in [-0.2, 0) is 26.7 Å². The van der Waals surface area contributed by atoms with E-state index in [1.54, 1.807) is 0 Å². The first kappa shape index (κ1) is 38.7.